The molecule has 0 aromatic carbocycles. The number of pyridine rings is 1. The van der Waals surface area contributed by atoms with E-state index in [1.54, 1.807) is 0 Å². The maximum atomic E-state index is 4.32. The van der Waals surface area contributed by atoms with Gasteiger partial charge in [0.25, 0.3) is 0 Å². The summed E-state index contributed by atoms with van der Waals surface area (Å²) in [4.78, 5) is 4.32. The van der Waals surface area contributed by atoms with E-state index in [0.29, 0.717) is 6.04 Å². The van der Waals surface area contributed by atoms with Crippen molar-refractivity contribution < 1.29 is 0 Å². The molecule has 12 heavy (non-hydrogen) atoms. The minimum Gasteiger partial charge on any atom is -0.312 e. The fourth-order valence-corrected chi connectivity index (χ4v) is 1.31. The van der Waals surface area contributed by atoms with Crippen LogP contribution >= 0.6 is 0 Å². The van der Waals surface area contributed by atoms with Crippen molar-refractivity contribution in [3.05, 3.63) is 29.6 Å². The van der Waals surface area contributed by atoms with Crippen molar-refractivity contribution in [1.29, 1.82) is 0 Å². The molecule has 0 aliphatic heterocycles. The Morgan fingerprint density at radius 3 is 2.83 bits per heavy atom. The van der Waals surface area contributed by atoms with Gasteiger partial charge in [-0.05, 0) is 38.1 Å². The third kappa shape index (κ3) is 2.05. The number of aromatic nitrogens is 1. The second-order valence-electron chi connectivity index (χ2n) is 3.01. The van der Waals surface area contributed by atoms with Crippen LogP contribution < -0.4 is 5.32 Å². The van der Waals surface area contributed by atoms with Crippen LogP contribution in [-0.4, -0.2) is 12.0 Å². The van der Waals surface area contributed by atoms with Gasteiger partial charge in [0, 0.05) is 12.2 Å². The van der Waals surface area contributed by atoms with Gasteiger partial charge in [-0.25, -0.2) is 0 Å². The summed E-state index contributed by atoms with van der Waals surface area (Å²) >= 11 is 0. The molecule has 1 aromatic rings. The average molecular weight is 164 g/mol. The van der Waals surface area contributed by atoms with Crippen LogP contribution in [-0.2, 0) is 0 Å². The predicted molar refractivity (Wildman–Crippen MR) is 51.1 cm³/mol. The second kappa shape index (κ2) is 4.21. The Balaban J connectivity index is 2.85. The zero-order valence-corrected chi connectivity index (χ0v) is 7.96. The maximum absolute atomic E-state index is 4.32. The summed E-state index contributed by atoms with van der Waals surface area (Å²) in [6, 6.07) is 4.54. The Morgan fingerprint density at radius 2 is 2.33 bits per heavy atom. The Labute approximate surface area is 74.0 Å². The van der Waals surface area contributed by atoms with Crippen LogP contribution in [0.25, 0.3) is 0 Å². The molecular weight excluding hydrogens is 148 g/mol. The van der Waals surface area contributed by atoms with E-state index < -0.39 is 0 Å². The van der Waals surface area contributed by atoms with Crippen molar-refractivity contribution in [1.82, 2.24) is 10.3 Å². The van der Waals surface area contributed by atoms with Crippen molar-refractivity contribution in [2.75, 3.05) is 7.05 Å². The van der Waals surface area contributed by atoms with E-state index in [2.05, 4.69) is 30.2 Å². The van der Waals surface area contributed by atoms with Gasteiger partial charge in [0.1, 0.15) is 0 Å². The fraction of sp³-hybridized carbons (Fsp3) is 0.500. The van der Waals surface area contributed by atoms with Crippen LogP contribution in [0.2, 0.25) is 0 Å². The quantitative estimate of drug-likeness (QED) is 0.739. The van der Waals surface area contributed by atoms with Crippen LogP contribution in [0.4, 0.5) is 0 Å². The van der Waals surface area contributed by atoms with E-state index >= 15 is 0 Å². The van der Waals surface area contributed by atoms with Crippen molar-refractivity contribution in [2.24, 2.45) is 0 Å². The molecule has 1 rings (SSSR count). The second-order valence-corrected chi connectivity index (χ2v) is 3.01. The first kappa shape index (κ1) is 9.20. The van der Waals surface area contributed by atoms with Crippen molar-refractivity contribution in [3.63, 3.8) is 0 Å². The molecule has 2 nitrogen and oxygen atoms in total. The van der Waals surface area contributed by atoms with E-state index in [1.807, 2.05) is 19.3 Å². The molecule has 0 spiro atoms. The summed E-state index contributed by atoms with van der Waals surface area (Å²) in [5, 5.41) is 3.23. The van der Waals surface area contributed by atoms with E-state index in [4.69, 9.17) is 0 Å². The molecule has 0 fully saturated rings. The first-order valence-electron chi connectivity index (χ1n) is 4.37. The summed E-state index contributed by atoms with van der Waals surface area (Å²) < 4.78 is 0. The standard InChI is InChI=1S/C10H16N2/c1-4-9(11-3)10-7-8(2)5-6-12-10/h5-7,9,11H,4H2,1-3H3. The molecule has 1 heterocycles. The smallest absolute Gasteiger partial charge is 0.0575 e. The zero-order chi connectivity index (χ0) is 8.97. The predicted octanol–water partition coefficient (Wildman–Crippen LogP) is 2.06. The molecule has 2 heteroatoms. The Morgan fingerprint density at radius 1 is 1.58 bits per heavy atom. The monoisotopic (exact) mass is 164 g/mol. The molecule has 0 aliphatic carbocycles. The molecule has 0 radical (unpaired) electrons. The lowest BCUT2D eigenvalue weighted by Gasteiger charge is -2.12. The van der Waals surface area contributed by atoms with Gasteiger partial charge in [0.2, 0.25) is 0 Å². The van der Waals surface area contributed by atoms with Crippen LogP contribution in [0.1, 0.15) is 30.6 Å². The van der Waals surface area contributed by atoms with Crippen LogP contribution in [0.15, 0.2) is 18.3 Å². The minimum absolute atomic E-state index is 0.393. The molecule has 0 amide bonds. The fourth-order valence-electron chi connectivity index (χ4n) is 1.31. The molecule has 1 unspecified atom stereocenters. The zero-order valence-electron chi connectivity index (χ0n) is 7.96. The molecule has 0 saturated heterocycles. The van der Waals surface area contributed by atoms with Gasteiger partial charge >= 0.3 is 0 Å². The van der Waals surface area contributed by atoms with Gasteiger partial charge < -0.3 is 5.32 Å². The van der Waals surface area contributed by atoms with Crippen molar-refractivity contribution in [2.45, 2.75) is 26.3 Å². The summed E-state index contributed by atoms with van der Waals surface area (Å²) in [7, 11) is 1.97. The molecule has 0 aliphatic rings. The van der Waals surface area contributed by atoms with Gasteiger partial charge in [-0.2, -0.15) is 0 Å². The Kier molecular flexibility index (Phi) is 3.23. The molecule has 0 bridgehead atoms. The number of nitrogens with zero attached hydrogens (tertiary/aromatic N) is 1. The molecule has 66 valence electrons. The SMILES string of the molecule is CCC(NC)c1cc(C)ccn1. The average Bonchev–Trinajstić information content (AvgIpc) is 2.07. The molecule has 1 atom stereocenters. The maximum Gasteiger partial charge on any atom is 0.0575 e. The summed E-state index contributed by atoms with van der Waals surface area (Å²) in [6.45, 7) is 4.25. The molecule has 1 N–H and O–H groups in total. The first-order valence-corrected chi connectivity index (χ1v) is 4.37. The van der Waals surface area contributed by atoms with Crippen molar-refractivity contribution in [3.8, 4) is 0 Å². The van der Waals surface area contributed by atoms with Gasteiger partial charge in [-0.1, -0.05) is 6.92 Å². The molecule has 1 aromatic heterocycles. The lowest BCUT2D eigenvalue weighted by molar-refractivity contribution is 0.561. The van der Waals surface area contributed by atoms with E-state index in [1.165, 1.54) is 5.56 Å². The number of rotatable bonds is 3. The lowest BCUT2D eigenvalue weighted by Crippen LogP contribution is -2.16. The highest BCUT2D eigenvalue weighted by Gasteiger charge is 2.06. The first-order chi connectivity index (χ1) is 5.77. The Hall–Kier alpha value is -0.890. The third-order valence-electron chi connectivity index (χ3n) is 2.05. The Bertz CT molecular complexity index is 241. The summed E-state index contributed by atoms with van der Waals surface area (Å²) in [5.41, 5.74) is 2.41. The largest absolute Gasteiger partial charge is 0.312 e. The summed E-state index contributed by atoms with van der Waals surface area (Å²) in [5.74, 6) is 0. The van der Waals surface area contributed by atoms with E-state index in [0.717, 1.165) is 12.1 Å². The number of hydrogen-bond donors (Lipinski definition) is 1. The van der Waals surface area contributed by atoms with Gasteiger partial charge in [-0.3, -0.25) is 4.98 Å². The highest BCUT2D eigenvalue weighted by atomic mass is 14.9. The molecular formula is C10H16N2. The minimum atomic E-state index is 0.393. The highest BCUT2D eigenvalue weighted by molar-refractivity contribution is 5.16. The van der Waals surface area contributed by atoms with Crippen LogP contribution in [0, 0.1) is 6.92 Å². The van der Waals surface area contributed by atoms with E-state index in [9.17, 15) is 0 Å². The normalized spacial score (nSPS) is 12.9. The van der Waals surface area contributed by atoms with Crippen LogP contribution in [0.5, 0.6) is 0 Å². The van der Waals surface area contributed by atoms with Crippen LogP contribution in [0.3, 0.4) is 0 Å². The lowest BCUT2D eigenvalue weighted by atomic mass is 10.1. The van der Waals surface area contributed by atoms with Gasteiger partial charge in [0.15, 0.2) is 0 Å². The number of hydrogen-bond acceptors (Lipinski definition) is 2. The topological polar surface area (TPSA) is 24.9 Å². The van der Waals surface area contributed by atoms with E-state index in [-0.39, 0.29) is 0 Å². The summed E-state index contributed by atoms with van der Waals surface area (Å²) in [6.07, 6.45) is 2.94. The number of aryl methyl sites for hydroxylation is 1. The highest BCUT2D eigenvalue weighted by Crippen LogP contribution is 2.13. The third-order valence-corrected chi connectivity index (χ3v) is 2.05. The van der Waals surface area contributed by atoms with Crippen molar-refractivity contribution >= 4 is 0 Å². The number of nitrogens with one attached hydrogen (secondary N) is 1. The van der Waals surface area contributed by atoms with Gasteiger partial charge in [-0.15, -0.1) is 0 Å². The van der Waals surface area contributed by atoms with Gasteiger partial charge in [0.05, 0.1) is 5.69 Å². The molecule has 0 saturated carbocycles.